The fourth-order valence-electron chi connectivity index (χ4n) is 8.44. The highest BCUT2D eigenvalue weighted by molar-refractivity contribution is 4.99. The fraction of sp³-hybridized carbons (Fsp3) is 1.00. The minimum Gasteiger partial charge on any atom is -0.394 e. The molecule has 0 aromatic heterocycles. The van der Waals surface area contributed by atoms with E-state index in [4.69, 9.17) is 52.1 Å². The SMILES string of the molecule is OC[C@H]1O[C@H](O[C@H]2O[C@H](CO)[C@@H](O)[C@H](O)[C@H]2O)[C@H](O)[C@@H](O)C1O[C@H]1O[C@H](CO)[C@@H](O[C@H]2O[C@H](CO)C(O[C@@H]3O[C@H](CO)[C@@H](O[C@H]4O[C@H](CO)[C@@H](O)[C@H](O)[C@H]4O)[C@@H](O)[C@H]3O)[C@H](O)[C@H]2O)[C@H](O)[C@H]1O. The number of rotatable bonds is 16. The van der Waals surface area contributed by atoms with Crippen molar-refractivity contribution in [2.24, 2.45) is 0 Å². The van der Waals surface area contributed by atoms with Gasteiger partial charge in [-0.05, 0) is 0 Å². The lowest BCUT2D eigenvalue weighted by molar-refractivity contribution is -0.400. The van der Waals surface area contributed by atoms with Crippen LogP contribution < -0.4 is 0 Å². The van der Waals surface area contributed by atoms with Gasteiger partial charge in [0.2, 0.25) is 0 Å². The van der Waals surface area contributed by atoms with Crippen molar-refractivity contribution in [1.29, 1.82) is 0 Å². The van der Waals surface area contributed by atoms with Gasteiger partial charge in [0.15, 0.2) is 37.7 Å². The van der Waals surface area contributed by atoms with Gasteiger partial charge in [-0.1, -0.05) is 0 Å². The Labute approximate surface area is 378 Å². The molecule has 31 heteroatoms. The summed E-state index contributed by atoms with van der Waals surface area (Å²) in [6.07, 6.45) is -56.5. The van der Waals surface area contributed by atoms with Gasteiger partial charge in [0.05, 0.1) is 39.6 Å². The normalized spacial score (nSPS) is 53.4. The molecule has 0 aromatic carbocycles. The maximum Gasteiger partial charge on any atom is 0.189 e. The van der Waals surface area contributed by atoms with Crippen LogP contribution in [-0.4, -0.2) is 326 Å². The first-order chi connectivity index (χ1) is 31.8. The van der Waals surface area contributed by atoms with E-state index in [9.17, 15) is 102 Å². The smallest absolute Gasteiger partial charge is 0.189 e. The first-order valence-corrected chi connectivity index (χ1v) is 21.1. The zero-order valence-corrected chi connectivity index (χ0v) is 35.0. The molecule has 0 amide bonds. The molecule has 0 spiro atoms. The molecule has 6 rings (SSSR count). The van der Waals surface area contributed by atoms with E-state index in [1.165, 1.54) is 0 Å². The van der Waals surface area contributed by atoms with Crippen LogP contribution in [0.25, 0.3) is 0 Å². The maximum absolute atomic E-state index is 11.2. The molecule has 0 aromatic rings. The van der Waals surface area contributed by atoms with Gasteiger partial charge in [0, 0.05) is 0 Å². The zero-order valence-electron chi connectivity index (χ0n) is 35.0. The summed E-state index contributed by atoms with van der Waals surface area (Å²) in [7, 11) is 0. The summed E-state index contributed by atoms with van der Waals surface area (Å²) in [5.74, 6) is 0. The van der Waals surface area contributed by atoms with Crippen LogP contribution in [0.15, 0.2) is 0 Å². The van der Waals surface area contributed by atoms with Gasteiger partial charge in [-0.25, -0.2) is 0 Å². The lowest BCUT2D eigenvalue weighted by Crippen LogP contribution is -2.68. The number of hydrogen-bond acceptors (Lipinski definition) is 31. The van der Waals surface area contributed by atoms with E-state index < -0.39 is 224 Å². The number of aliphatic hydroxyl groups is 20. The summed E-state index contributed by atoms with van der Waals surface area (Å²) in [6, 6.07) is 0. The second kappa shape index (κ2) is 23.5. The summed E-state index contributed by atoms with van der Waals surface area (Å²) in [4.78, 5) is 0. The van der Waals surface area contributed by atoms with Crippen LogP contribution in [0.2, 0.25) is 0 Å². The number of ether oxygens (including phenoxy) is 11. The van der Waals surface area contributed by atoms with Crippen LogP contribution in [0.3, 0.4) is 0 Å². The van der Waals surface area contributed by atoms with Crippen molar-refractivity contribution in [3.8, 4) is 0 Å². The third-order valence-electron chi connectivity index (χ3n) is 12.4. The van der Waals surface area contributed by atoms with E-state index in [-0.39, 0.29) is 0 Å². The highest BCUT2D eigenvalue weighted by atomic mass is 16.8. The average Bonchev–Trinajstić information content (AvgIpc) is 3.32. The highest BCUT2D eigenvalue weighted by Crippen LogP contribution is 2.36. The van der Waals surface area contributed by atoms with E-state index in [0.717, 1.165) is 0 Å². The van der Waals surface area contributed by atoms with Gasteiger partial charge >= 0.3 is 0 Å². The summed E-state index contributed by atoms with van der Waals surface area (Å²) >= 11 is 0. The molecule has 67 heavy (non-hydrogen) atoms. The summed E-state index contributed by atoms with van der Waals surface area (Å²) in [6.45, 7) is -5.64. The van der Waals surface area contributed by atoms with Crippen molar-refractivity contribution >= 4 is 0 Å². The molecule has 2 unspecified atom stereocenters. The molecule has 0 aliphatic carbocycles. The Morgan fingerprint density at radius 2 is 0.388 bits per heavy atom. The molecule has 392 valence electrons. The Hall–Kier alpha value is -1.24. The molecule has 6 heterocycles. The molecule has 20 N–H and O–H groups in total. The highest BCUT2D eigenvalue weighted by Gasteiger charge is 2.57. The molecule has 31 nitrogen and oxygen atoms in total. The van der Waals surface area contributed by atoms with Crippen molar-refractivity contribution in [3.63, 3.8) is 0 Å². The molecular formula is C36H62O31. The minimum absolute atomic E-state index is 0.828. The first kappa shape index (κ1) is 55.1. The summed E-state index contributed by atoms with van der Waals surface area (Å²) in [5, 5.41) is 209. The molecular weight excluding hydrogens is 928 g/mol. The number of aliphatic hydroxyl groups excluding tert-OH is 20. The molecule has 0 saturated carbocycles. The van der Waals surface area contributed by atoms with Gasteiger partial charge in [0.25, 0.3) is 0 Å². The lowest BCUT2D eigenvalue weighted by atomic mass is 9.95. The standard InChI is InChI=1S/C36H62O31/c37-1-7-13(43)15(45)21(51)31(57-7)63-27-9(3-39)59-32(23(53)17(27)47)64-28-10(4-40)60-33(24(54)18(28)48)65-29-11(5-41)61-34(25(55)19(29)49)66-30-12(6-42)62-36(26(56)20(30)50)67-35-22(52)16(46)14(44)8(2-38)58-35/h7-56H,1-6H2/t7-,8-,9-,10-,11-,12-,13-,14-,15+,16+,17+,18-,19-,20-,21-,22-,23-,24-,25-,26-,27-,28?,29-,30?,31-,32+,33-,34-,35-,36-/m1/s1. The van der Waals surface area contributed by atoms with Crippen molar-refractivity contribution in [3.05, 3.63) is 0 Å². The van der Waals surface area contributed by atoms with Gasteiger partial charge in [-0.3, -0.25) is 0 Å². The lowest BCUT2D eigenvalue weighted by Gasteiger charge is -2.49. The Morgan fingerprint density at radius 3 is 0.597 bits per heavy atom. The van der Waals surface area contributed by atoms with E-state index in [1.54, 1.807) is 0 Å². The van der Waals surface area contributed by atoms with E-state index in [2.05, 4.69) is 0 Å². The summed E-state index contributed by atoms with van der Waals surface area (Å²) in [5.41, 5.74) is 0. The summed E-state index contributed by atoms with van der Waals surface area (Å²) < 4.78 is 60.6. The van der Waals surface area contributed by atoms with E-state index in [1.807, 2.05) is 0 Å². The first-order valence-electron chi connectivity index (χ1n) is 21.1. The van der Waals surface area contributed by atoms with Crippen LogP contribution in [0, 0.1) is 0 Å². The van der Waals surface area contributed by atoms with Gasteiger partial charge in [-0.15, -0.1) is 0 Å². The predicted molar refractivity (Wildman–Crippen MR) is 199 cm³/mol. The molecule has 0 bridgehead atoms. The van der Waals surface area contributed by atoms with Gasteiger partial charge < -0.3 is 154 Å². The Kier molecular flexibility index (Phi) is 19.4. The predicted octanol–water partition coefficient (Wildman–Crippen LogP) is -14.1. The topological polar surface area (TPSA) is 506 Å². The Bertz CT molecular complexity index is 1500. The van der Waals surface area contributed by atoms with Crippen molar-refractivity contribution in [1.82, 2.24) is 0 Å². The largest absolute Gasteiger partial charge is 0.394 e. The molecule has 0 radical (unpaired) electrons. The van der Waals surface area contributed by atoms with Gasteiger partial charge in [0.1, 0.15) is 146 Å². The monoisotopic (exact) mass is 990 g/mol. The molecule has 6 saturated heterocycles. The molecule has 6 aliphatic rings. The molecule has 6 aliphatic heterocycles. The van der Waals surface area contributed by atoms with E-state index in [0.29, 0.717) is 0 Å². The molecule has 30 atom stereocenters. The van der Waals surface area contributed by atoms with Crippen LogP contribution in [0.5, 0.6) is 0 Å². The van der Waals surface area contributed by atoms with Crippen LogP contribution in [0.1, 0.15) is 0 Å². The fourth-order valence-corrected chi connectivity index (χ4v) is 8.44. The third-order valence-corrected chi connectivity index (χ3v) is 12.4. The second-order valence-electron chi connectivity index (χ2n) is 16.8. The average molecular weight is 991 g/mol. The Morgan fingerprint density at radius 1 is 0.209 bits per heavy atom. The van der Waals surface area contributed by atoms with Gasteiger partial charge in [-0.2, -0.15) is 0 Å². The zero-order chi connectivity index (χ0) is 49.3. The van der Waals surface area contributed by atoms with Crippen LogP contribution in [-0.2, 0) is 52.1 Å². The van der Waals surface area contributed by atoms with E-state index >= 15 is 0 Å². The maximum atomic E-state index is 11.2. The van der Waals surface area contributed by atoms with Crippen molar-refractivity contribution in [2.75, 3.05) is 39.6 Å². The van der Waals surface area contributed by atoms with Crippen LogP contribution in [0.4, 0.5) is 0 Å². The number of hydrogen-bond donors (Lipinski definition) is 20. The second-order valence-corrected chi connectivity index (χ2v) is 16.8. The Balaban J connectivity index is 1.06. The molecule has 6 fully saturated rings. The van der Waals surface area contributed by atoms with Crippen molar-refractivity contribution < 1.29 is 154 Å². The quantitative estimate of drug-likeness (QED) is 0.0683. The van der Waals surface area contributed by atoms with Crippen molar-refractivity contribution in [2.45, 2.75) is 184 Å². The third kappa shape index (κ3) is 11.2. The minimum atomic E-state index is -2.17. The van der Waals surface area contributed by atoms with Crippen LogP contribution >= 0.6 is 0 Å².